The first-order valence-corrected chi connectivity index (χ1v) is 12.6. The molecule has 0 aliphatic heterocycles. The number of rotatable bonds is 8. The van der Waals surface area contributed by atoms with E-state index in [4.69, 9.17) is 40.0 Å². The van der Waals surface area contributed by atoms with E-state index in [0.717, 1.165) is 0 Å². The average Bonchev–Trinajstić information content (AvgIpc) is 2.70. The van der Waals surface area contributed by atoms with Crippen molar-refractivity contribution in [1.82, 2.24) is 0 Å². The zero-order chi connectivity index (χ0) is 24.0. The van der Waals surface area contributed by atoms with Gasteiger partial charge in [0.05, 0.1) is 44.2 Å². The number of hydrogen-bond donors (Lipinski definition) is 8. The lowest BCUT2D eigenvalue weighted by molar-refractivity contribution is -0.0328. The van der Waals surface area contributed by atoms with Crippen LogP contribution in [0.1, 0.15) is 11.1 Å². The summed E-state index contributed by atoms with van der Waals surface area (Å²) in [5, 5.41) is 34.0. The third kappa shape index (κ3) is 15.1. The Morgan fingerprint density at radius 2 is 0.806 bits per heavy atom. The summed E-state index contributed by atoms with van der Waals surface area (Å²) >= 11 is 0. The van der Waals surface area contributed by atoms with Crippen molar-refractivity contribution in [3.8, 4) is 0 Å². The molecular weight excluding hydrogens is 450 g/mol. The molecule has 0 saturated carbocycles. The second-order valence-electron chi connectivity index (χ2n) is 6.75. The molecule has 0 spiro atoms. The third-order valence-corrected chi connectivity index (χ3v) is 5.36. The molecule has 12 heteroatoms. The van der Waals surface area contributed by atoms with Crippen LogP contribution in [0.3, 0.4) is 0 Å². The van der Waals surface area contributed by atoms with E-state index < -0.39 is 47.0 Å². The molecule has 0 aromatic heterocycles. The van der Waals surface area contributed by atoms with Gasteiger partial charge in [-0.05, 0) is 11.1 Å². The van der Waals surface area contributed by atoms with E-state index in [-0.39, 0.29) is 12.3 Å². The van der Waals surface area contributed by atoms with Crippen molar-refractivity contribution in [3.63, 3.8) is 0 Å². The van der Waals surface area contributed by atoms with Crippen molar-refractivity contribution >= 4 is 15.2 Å². The van der Waals surface area contributed by atoms with Gasteiger partial charge in [0, 0.05) is 0 Å². The highest BCUT2D eigenvalue weighted by Gasteiger charge is 2.26. The Bertz CT molecular complexity index is 724. The first kappa shape index (κ1) is 29.6. The van der Waals surface area contributed by atoms with Crippen molar-refractivity contribution in [2.45, 2.75) is 12.3 Å². The molecule has 2 aromatic carbocycles. The van der Waals surface area contributed by atoms with Crippen LogP contribution in [0, 0.1) is 5.41 Å². The van der Waals surface area contributed by atoms with Crippen LogP contribution >= 0.6 is 15.2 Å². The number of aliphatic hydroxyl groups is 4. The molecule has 176 valence electrons. The van der Waals surface area contributed by atoms with Gasteiger partial charge in [-0.3, -0.25) is 9.13 Å². The van der Waals surface area contributed by atoms with Crippen molar-refractivity contribution in [1.29, 1.82) is 0 Å². The van der Waals surface area contributed by atoms with Crippen LogP contribution in [0.25, 0.3) is 0 Å². The van der Waals surface area contributed by atoms with Crippen molar-refractivity contribution in [3.05, 3.63) is 71.8 Å². The molecular formula is C19H30O10P2. The van der Waals surface area contributed by atoms with Gasteiger partial charge in [-0.15, -0.1) is 0 Å². The van der Waals surface area contributed by atoms with Gasteiger partial charge in [0.25, 0.3) is 0 Å². The molecule has 0 radical (unpaired) electrons. The maximum absolute atomic E-state index is 10.5. The van der Waals surface area contributed by atoms with E-state index in [9.17, 15) is 9.13 Å². The topological polar surface area (TPSA) is 196 Å². The van der Waals surface area contributed by atoms with E-state index in [2.05, 4.69) is 0 Å². The summed E-state index contributed by atoms with van der Waals surface area (Å²) in [5.41, 5.74) is 0.224. The van der Waals surface area contributed by atoms with E-state index >= 15 is 0 Å². The predicted molar refractivity (Wildman–Crippen MR) is 115 cm³/mol. The van der Waals surface area contributed by atoms with Crippen LogP contribution in [0.2, 0.25) is 0 Å². The fraction of sp³-hybridized carbons (Fsp3) is 0.368. The quantitative estimate of drug-likeness (QED) is 0.249. The lowest BCUT2D eigenvalue weighted by Crippen LogP contribution is -2.37. The number of benzene rings is 2. The Morgan fingerprint density at radius 3 is 0.968 bits per heavy atom. The molecule has 0 saturated heterocycles. The molecule has 2 aromatic rings. The van der Waals surface area contributed by atoms with E-state index in [1.54, 1.807) is 48.5 Å². The second-order valence-corrected chi connectivity index (χ2v) is 10.0. The van der Waals surface area contributed by atoms with Gasteiger partial charge in [-0.25, -0.2) is 0 Å². The van der Waals surface area contributed by atoms with Gasteiger partial charge in [0.2, 0.25) is 0 Å². The van der Waals surface area contributed by atoms with Crippen molar-refractivity contribution in [2.75, 3.05) is 26.4 Å². The molecule has 0 amide bonds. The number of aliphatic hydroxyl groups excluding tert-OH is 4. The molecule has 0 atom stereocenters. The van der Waals surface area contributed by atoms with E-state index in [0.29, 0.717) is 11.1 Å². The normalized spacial score (nSPS) is 11.6. The minimum atomic E-state index is -3.89. The lowest BCUT2D eigenvalue weighted by Gasteiger charge is -2.23. The minimum absolute atomic E-state index is 0.173. The van der Waals surface area contributed by atoms with E-state index in [1.807, 2.05) is 12.1 Å². The summed E-state index contributed by atoms with van der Waals surface area (Å²) in [7, 11) is -7.78. The van der Waals surface area contributed by atoms with Crippen molar-refractivity contribution < 1.29 is 49.1 Å². The maximum Gasteiger partial charge on any atom is 0.329 e. The maximum atomic E-state index is 10.5. The van der Waals surface area contributed by atoms with Gasteiger partial charge in [-0.2, -0.15) is 0 Å². The molecule has 0 aliphatic rings. The summed E-state index contributed by atoms with van der Waals surface area (Å²) in [6.45, 7) is -1.62. The Labute approximate surface area is 180 Å². The molecule has 10 nitrogen and oxygen atoms in total. The molecule has 8 N–H and O–H groups in total. The zero-order valence-electron chi connectivity index (χ0n) is 16.8. The zero-order valence-corrected chi connectivity index (χ0v) is 18.6. The first-order valence-electron chi connectivity index (χ1n) is 9.01. The Morgan fingerprint density at radius 1 is 0.548 bits per heavy atom. The van der Waals surface area contributed by atoms with E-state index in [1.165, 1.54) is 0 Å². The highest BCUT2D eigenvalue weighted by atomic mass is 31.2. The highest BCUT2D eigenvalue weighted by Crippen LogP contribution is 2.39. The Hall–Kier alpha value is -1.42. The van der Waals surface area contributed by atoms with Gasteiger partial charge >= 0.3 is 15.2 Å². The SMILES string of the molecule is O=P(O)(O)Cc1ccccc1.O=P(O)(O)Cc1ccccc1.OCC(CO)(CO)CO. The minimum Gasteiger partial charge on any atom is -0.396 e. The molecule has 31 heavy (non-hydrogen) atoms. The van der Waals surface area contributed by atoms with Crippen molar-refractivity contribution in [2.24, 2.45) is 5.41 Å². The molecule has 0 heterocycles. The average molecular weight is 480 g/mol. The second kappa shape index (κ2) is 14.6. The molecule has 0 unspecified atom stereocenters. The standard InChI is InChI=1S/2C7H9O3P.C5H12O4/c2*8-11(9,10)6-7-4-2-1-3-5-7;6-1-5(2-7,3-8)4-9/h2*1-5H,6H2,(H2,8,9,10);6-9H,1-4H2. The van der Waals surface area contributed by atoms with Gasteiger partial charge in [0.1, 0.15) is 0 Å². The Kier molecular flexibility index (Phi) is 13.9. The van der Waals surface area contributed by atoms with Crippen LogP contribution in [-0.4, -0.2) is 66.4 Å². The van der Waals surface area contributed by atoms with Crippen LogP contribution < -0.4 is 0 Å². The highest BCUT2D eigenvalue weighted by molar-refractivity contribution is 7.51. The largest absolute Gasteiger partial charge is 0.396 e. The smallest absolute Gasteiger partial charge is 0.329 e. The van der Waals surface area contributed by atoms with Crippen LogP contribution in [0.5, 0.6) is 0 Å². The van der Waals surface area contributed by atoms with Crippen LogP contribution in [0.4, 0.5) is 0 Å². The predicted octanol–water partition coefficient (Wildman–Crippen LogP) is 0.671. The van der Waals surface area contributed by atoms with Gasteiger partial charge < -0.3 is 40.0 Å². The molecule has 2 rings (SSSR count). The first-order chi connectivity index (χ1) is 14.4. The molecule has 0 fully saturated rings. The fourth-order valence-electron chi connectivity index (χ4n) is 1.94. The summed E-state index contributed by atoms with van der Waals surface area (Å²) in [6.07, 6.45) is -0.346. The fourth-order valence-corrected chi connectivity index (χ4v) is 3.32. The third-order valence-electron chi connectivity index (χ3n) is 3.80. The summed E-state index contributed by atoms with van der Waals surface area (Å²) in [6, 6.07) is 17.4. The molecule has 0 aliphatic carbocycles. The Balaban J connectivity index is 0.000000439. The summed E-state index contributed by atoms with van der Waals surface area (Å²) < 4.78 is 21.0. The summed E-state index contributed by atoms with van der Waals surface area (Å²) in [4.78, 5) is 34.3. The lowest BCUT2D eigenvalue weighted by atomic mass is 9.93. The monoisotopic (exact) mass is 480 g/mol. The van der Waals surface area contributed by atoms with Crippen LogP contribution in [-0.2, 0) is 21.5 Å². The van der Waals surface area contributed by atoms with Gasteiger partial charge in [0.15, 0.2) is 0 Å². The van der Waals surface area contributed by atoms with Crippen LogP contribution in [0.15, 0.2) is 60.7 Å². The number of hydrogen-bond acceptors (Lipinski definition) is 6. The van der Waals surface area contributed by atoms with Gasteiger partial charge in [-0.1, -0.05) is 60.7 Å². The molecule has 0 bridgehead atoms. The summed E-state index contributed by atoms with van der Waals surface area (Å²) in [5.74, 6) is 0.